The highest BCUT2D eigenvalue weighted by atomic mass is 35.5. The van der Waals surface area contributed by atoms with Crippen LogP contribution in [0, 0.1) is 11.3 Å². The van der Waals surface area contributed by atoms with Crippen LogP contribution in [-0.4, -0.2) is 14.5 Å². The smallest absolute Gasteiger partial charge is 0.158 e. The molecule has 2 rings (SSSR count). The first-order valence-corrected chi connectivity index (χ1v) is 5.23. The van der Waals surface area contributed by atoms with Gasteiger partial charge in [0.1, 0.15) is 16.9 Å². The molecule has 0 saturated carbocycles. The quantitative estimate of drug-likeness (QED) is 0.799. The van der Waals surface area contributed by atoms with Crippen molar-refractivity contribution in [2.75, 3.05) is 0 Å². The molecule has 0 saturated heterocycles. The van der Waals surface area contributed by atoms with Crippen LogP contribution in [0.25, 0.3) is 5.82 Å². The van der Waals surface area contributed by atoms with Gasteiger partial charge in [0.2, 0.25) is 0 Å². The standard InChI is InChI=1S/C11H9ClN4/c1-2-9-14-5-6-16(9)11-10(12)8(7-13)3-4-15-11/h3-6H,2H2,1H3. The second-order valence-electron chi connectivity index (χ2n) is 3.17. The number of aryl methyl sites for hydroxylation is 1. The molecule has 80 valence electrons. The molecule has 0 aliphatic heterocycles. The molecule has 0 atom stereocenters. The van der Waals surface area contributed by atoms with Crippen molar-refractivity contribution in [1.29, 1.82) is 5.26 Å². The van der Waals surface area contributed by atoms with Crippen LogP contribution in [0.3, 0.4) is 0 Å². The fraction of sp³-hybridized carbons (Fsp3) is 0.182. The van der Waals surface area contributed by atoms with E-state index in [0.29, 0.717) is 16.4 Å². The number of rotatable bonds is 2. The summed E-state index contributed by atoms with van der Waals surface area (Å²) in [7, 11) is 0. The summed E-state index contributed by atoms with van der Waals surface area (Å²) >= 11 is 6.10. The first-order chi connectivity index (χ1) is 7.77. The maximum absolute atomic E-state index is 8.88. The van der Waals surface area contributed by atoms with Gasteiger partial charge in [0, 0.05) is 25.0 Å². The van der Waals surface area contributed by atoms with Gasteiger partial charge in [-0.05, 0) is 6.07 Å². The van der Waals surface area contributed by atoms with Crippen molar-refractivity contribution in [3.8, 4) is 11.9 Å². The van der Waals surface area contributed by atoms with E-state index in [2.05, 4.69) is 9.97 Å². The van der Waals surface area contributed by atoms with Gasteiger partial charge in [-0.2, -0.15) is 5.26 Å². The van der Waals surface area contributed by atoms with Crippen molar-refractivity contribution in [2.45, 2.75) is 13.3 Å². The van der Waals surface area contributed by atoms with E-state index in [-0.39, 0.29) is 0 Å². The van der Waals surface area contributed by atoms with Crippen LogP contribution in [0.4, 0.5) is 0 Å². The van der Waals surface area contributed by atoms with Crippen molar-refractivity contribution in [1.82, 2.24) is 14.5 Å². The van der Waals surface area contributed by atoms with E-state index in [1.807, 2.05) is 13.0 Å². The zero-order valence-corrected chi connectivity index (χ0v) is 9.44. The number of nitriles is 1. The summed E-state index contributed by atoms with van der Waals surface area (Å²) in [4.78, 5) is 8.37. The molecule has 0 aromatic carbocycles. The largest absolute Gasteiger partial charge is 0.287 e. The first-order valence-electron chi connectivity index (χ1n) is 4.85. The number of nitrogens with zero attached hydrogens (tertiary/aromatic N) is 4. The summed E-state index contributed by atoms with van der Waals surface area (Å²) in [5.41, 5.74) is 0.419. The van der Waals surface area contributed by atoms with E-state index < -0.39 is 0 Å². The first kappa shape index (κ1) is 10.7. The van der Waals surface area contributed by atoms with Gasteiger partial charge >= 0.3 is 0 Å². The van der Waals surface area contributed by atoms with Crippen LogP contribution in [0.15, 0.2) is 24.7 Å². The molecule has 0 fully saturated rings. The third kappa shape index (κ3) is 1.66. The Hall–Kier alpha value is -1.86. The molecule has 0 N–H and O–H groups in total. The van der Waals surface area contributed by atoms with Gasteiger partial charge < -0.3 is 0 Å². The van der Waals surface area contributed by atoms with Crippen molar-refractivity contribution < 1.29 is 0 Å². The van der Waals surface area contributed by atoms with E-state index in [1.165, 1.54) is 0 Å². The molecular weight excluding hydrogens is 224 g/mol. The minimum Gasteiger partial charge on any atom is -0.287 e. The van der Waals surface area contributed by atoms with Gasteiger partial charge in [0.25, 0.3) is 0 Å². The zero-order valence-electron chi connectivity index (χ0n) is 8.68. The molecule has 2 heterocycles. The number of hydrogen-bond acceptors (Lipinski definition) is 3. The lowest BCUT2D eigenvalue weighted by atomic mass is 10.3. The average molecular weight is 233 g/mol. The van der Waals surface area contributed by atoms with E-state index in [1.54, 1.807) is 29.2 Å². The lowest BCUT2D eigenvalue weighted by Gasteiger charge is -2.07. The molecule has 0 aliphatic rings. The number of imidazole rings is 1. The highest BCUT2D eigenvalue weighted by Gasteiger charge is 2.11. The van der Waals surface area contributed by atoms with E-state index in [0.717, 1.165) is 12.2 Å². The Balaban J connectivity index is 2.62. The molecule has 0 bridgehead atoms. The Kier molecular flexibility index (Phi) is 2.88. The summed E-state index contributed by atoms with van der Waals surface area (Å²) < 4.78 is 1.79. The second-order valence-corrected chi connectivity index (χ2v) is 3.55. The van der Waals surface area contributed by atoms with Gasteiger partial charge in [0.15, 0.2) is 5.82 Å². The number of hydrogen-bond donors (Lipinski definition) is 0. The molecule has 0 radical (unpaired) electrons. The van der Waals surface area contributed by atoms with Crippen LogP contribution >= 0.6 is 11.6 Å². The normalized spacial score (nSPS) is 10.1. The minimum atomic E-state index is 0.359. The van der Waals surface area contributed by atoms with Gasteiger partial charge in [-0.1, -0.05) is 18.5 Å². The van der Waals surface area contributed by atoms with Gasteiger partial charge in [0.05, 0.1) is 5.56 Å². The molecule has 4 nitrogen and oxygen atoms in total. The SMILES string of the molecule is CCc1nccn1-c1nccc(C#N)c1Cl. The summed E-state index contributed by atoms with van der Waals surface area (Å²) in [6, 6.07) is 3.62. The summed E-state index contributed by atoms with van der Waals surface area (Å²) in [5.74, 6) is 1.42. The summed E-state index contributed by atoms with van der Waals surface area (Å²) in [6.45, 7) is 2.00. The molecular formula is C11H9ClN4. The maximum Gasteiger partial charge on any atom is 0.158 e. The Morgan fingerprint density at radius 3 is 2.94 bits per heavy atom. The Bertz CT molecular complexity index is 553. The predicted octanol–water partition coefficient (Wildman–Crippen LogP) is 2.35. The van der Waals surface area contributed by atoms with E-state index >= 15 is 0 Å². The fourth-order valence-electron chi connectivity index (χ4n) is 1.48. The van der Waals surface area contributed by atoms with Gasteiger partial charge in [-0.3, -0.25) is 4.57 Å². The number of halogens is 1. The average Bonchev–Trinajstić information content (AvgIpc) is 2.77. The van der Waals surface area contributed by atoms with Gasteiger partial charge in [-0.15, -0.1) is 0 Å². The van der Waals surface area contributed by atoms with E-state index in [4.69, 9.17) is 16.9 Å². The van der Waals surface area contributed by atoms with Gasteiger partial charge in [-0.25, -0.2) is 9.97 Å². The number of pyridine rings is 1. The predicted molar refractivity (Wildman–Crippen MR) is 60.5 cm³/mol. The lowest BCUT2D eigenvalue weighted by Crippen LogP contribution is -2.03. The Morgan fingerprint density at radius 2 is 2.25 bits per heavy atom. The molecule has 5 heteroatoms. The topological polar surface area (TPSA) is 54.5 Å². The molecule has 0 aliphatic carbocycles. The van der Waals surface area contributed by atoms with Crippen molar-refractivity contribution in [3.05, 3.63) is 41.1 Å². The minimum absolute atomic E-state index is 0.359. The maximum atomic E-state index is 8.88. The van der Waals surface area contributed by atoms with Crippen molar-refractivity contribution in [2.24, 2.45) is 0 Å². The summed E-state index contributed by atoms with van der Waals surface area (Å²) in [6.07, 6.45) is 5.82. The Morgan fingerprint density at radius 1 is 1.44 bits per heavy atom. The van der Waals surface area contributed by atoms with Crippen LogP contribution in [0.1, 0.15) is 18.3 Å². The molecule has 2 aromatic heterocycles. The highest BCUT2D eigenvalue weighted by Crippen LogP contribution is 2.22. The van der Waals surface area contributed by atoms with Crippen LogP contribution < -0.4 is 0 Å². The van der Waals surface area contributed by atoms with Crippen LogP contribution in [-0.2, 0) is 6.42 Å². The van der Waals surface area contributed by atoms with Crippen molar-refractivity contribution in [3.63, 3.8) is 0 Å². The highest BCUT2D eigenvalue weighted by molar-refractivity contribution is 6.33. The third-order valence-corrected chi connectivity index (χ3v) is 2.63. The molecule has 0 amide bonds. The third-order valence-electron chi connectivity index (χ3n) is 2.25. The fourth-order valence-corrected chi connectivity index (χ4v) is 1.72. The molecule has 0 unspecified atom stereocenters. The zero-order chi connectivity index (χ0) is 11.5. The summed E-state index contributed by atoms with van der Waals surface area (Å²) in [5, 5.41) is 9.24. The molecule has 16 heavy (non-hydrogen) atoms. The van der Waals surface area contributed by atoms with E-state index in [9.17, 15) is 0 Å². The van der Waals surface area contributed by atoms with Crippen LogP contribution in [0.5, 0.6) is 0 Å². The molecule has 2 aromatic rings. The number of aromatic nitrogens is 3. The van der Waals surface area contributed by atoms with Crippen LogP contribution in [0.2, 0.25) is 5.02 Å². The second kappa shape index (κ2) is 4.33. The monoisotopic (exact) mass is 232 g/mol. The Labute approximate surface area is 98.1 Å². The lowest BCUT2D eigenvalue weighted by molar-refractivity contribution is 0.867. The molecule has 0 spiro atoms. The van der Waals surface area contributed by atoms with Crippen molar-refractivity contribution >= 4 is 11.6 Å².